The van der Waals surface area contributed by atoms with E-state index in [1.165, 1.54) is 32.3 Å². The number of benzene rings is 7. The lowest BCUT2D eigenvalue weighted by Gasteiger charge is -2.17. The number of aromatic nitrogens is 2. The molecule has 0 atom stereocenters. The van der Waals surface area contributed by atoms with Gasteiger partial charge in [0.05, 0.1) is 0 Å². The minimum Gasteiger partial charge on any atom is -0.399 e. The third-order valence-corrected chi connectivity index (χ3v) is 11.3. The van der Waals surface area contributed by atoms with Crippen LogP contribution in [0.5, 0.6) is 0 Å². The molecule has 0 aliphatic rings. The van der Waals surface area contributed by atoms with Gasteiger partial charge >= 0.3 is 0 Å². The predicted octanol–water partition coefficient (Wildman–Crippen LogP) is 11.6. The lowest BCUT2D eigenvalue weighted by Crippen LogP contribution is -2.33. The molecule has 8 aromatic carbocycles. The van der Waals surface area contributed by atoms with E-state index in [4.69, 9.17) is 11.5 Å². The van der Waals surface area contributed by atoms with E-state index in [1.807, 2.05) is 12.1 Å². The number of nitrogens with zero attached hydrogens (tertiary/aromatic N) is 2. The zero-order chi connectivity index (χ0) is 37.3. The molecule has 18 rings (SSSR count). The van der Waals surface area contributed by atoms with Crippen molar-refractivity contribution in [2.75, 3.05) is 11.5 Å². The average molecular weight is 717 g/mol. The maximum absolute atomic E-state index is 6.82. The van der Waals surface area contributed by atoms with Gasteiger partial charge in [-0.2, -0.15) is 0 Å². The van der Waals surface area contributed by atoms with Gasteiger partial charge in [-0.25, -0.2) is 0 Å². The van der Waals surface area contributed by atoms with Crippen LogP contribution in [-0.4, -0.2) is 0 Å². The predicted molar refractivity (Wildman–Crippen MR) is 233 cm³/mol. The molecule has 0 radical (unpaired) electrons. The molecule has 18 aromatic rings. The molecule has 0 saturated carbocycles. The highest BCUT2D eigenvalue weighted by molar-refractivity contribution is 6.39. The van der Waals surface area contributed by atoms with Crippen molar-refractivity contribution < 1.29 is 8.80 Å². The van der Waals surface area contributed by atoms with Crippen molar-refractivity contribution in [1.29, 1.82) is 0 Å². The Morgan fingerprint density at radius 3 is 1.09 bits per heavy atom. The van der Waals surface area contributed by atoms with Crippen molar-refractivity contribution in [2.24, 2.45) is 0 Å². The zero-order valence-corrected chi connectivity index (χ0v) is 30.5. The first-order valence-electron chi connectivity index (χ1n) is 19.0. The average Bonchev–Trinajstić information content (AvgIpc) is 3.25. The van der Waals surface area contributed by atoms with E-state index in [0.29, 0.717) is 5.69 Å². The lowest BCUT2D eigenvalue weighted by atomic mass is 9.87. The molecule has 6 bridgehead atoms. The van der Waals surface area contributed by atoms with Gasteiger partial charge in [-0.15, -0.1) is 8.80 Å². The molecule has 4 heteroatoms. The molecule has 10 aromatic heterocycles. The van der Waals surface area contributed by atoms with Gasteiger partial charge in [0, 0.05) is 70.0 Å². The van der Waals surface area contributed by atoms with Crippen molar-refractivity contribution in [3.8, 4) is 45.0 Å². The Kier molecular flexibility index (Phi) is 7.13. The van der Waals surface area contributed by atoms with Gasteiger partial charge in [-0.05, 0) is 110 Å². The van der Waals surface area contributed by atoms with E-state index < -0.39 is 0 Å². The fourth-order valence-corrected chi connectivity index (χ4v) is 8.78. The molecular formula is C52H36N4+2. The molecule has 0 saturated heterocycles. The van der Waals surface area contributed by atoms with E-state index in [1.54, 1.807) is 0 Å². The quantitative estimate of drug-likeness (QED) is 0.141. The monoisotopic (exact) mass is 716 g/mol. The third kappa shape index (κ3) is 4.93. The first-order valence-corrected chi connectivity index (χ1v) is 19.0. The van der Waals surface area contributed by atoms with Gasteiger partial charge in [0.2, 0.25) is 22.8 Å². The van der Waals surface area contributed by atoms with Crippen LogP contribution in [0, 0.1) is 0 Å². The van der Waals surface area contributed by atoms with Crippen LogP contribution < -0.4 is 20.3 Å². The highest BCUT2D eigenvalue weighted by Crippen LogP contribution is 2.45. The molecule has 262 valence electrons. The lowest BCUT2D eigenvalue weighted by molar-refractivity contribution is -0.508. The Morgan fingerprint density at radius 1 is 0.286 bits per heavy atom. The summed E-state index contributed by atoms with van der Waals surface area (Å²) in [6, 6.07) is 69.6. The molecule has 10 heterocycles. The molecule has 0 aliphatic carbocycles. The fourth-order valence-electron chi connectivity index (χ4n) is 8.78. The number of hydrogen-bond acceptors (Lipinski definition) is 2. The zero-order valence-electron chi connectivity index (χ0n) is 30.5. The van der Waals surface area contributed by atoms with Gasteiger partial charge in [0.1, 0.15) is 0 Å². The number of fused-ring (bicyclic) bond motifs is 1. The summed E-state index contributed by atoms with van der Waals surface area (Å²) in [5, 5.41) is 9.51. The highest BCUT2D eigenvalue weighted by Gasteiger charge is 2.28. The minimum absolute atomic E-state index is 0.685. The summed E-state index contributed by atoms with van der Waals surface area (Å²) in [6.45, 7) is 0. The summed E-state index contributed by atoms with van der Waals surface area (Å²) in [5.41, 5.74) is 25.4. The molecule has 0 aliphatic heterocycles. The Morgan fingerprint density at radius 2 is 0.643 bits per heavy atom. The summed E-state index contributed by atoms with van der Waals surface area (Å²) in [5.74, 6) is 0. The van der Waals surface area contributed by atoms with E-state index in [9.17, 15) is 0 Å². The van der Waals surface area contributed by atoms with Crippen molar-refractivity contribution in [2.45, 2.75) is 0 Å². The molecule has 0 amide bonds. The molecule has 56 heavy (non-hydrogen) atoms. The van der Waals surface area contributed by atoms with E-state index in [2.05, 4.69) is 191 Å². The van der Waals surface area contributed by atoms with E-state index >= 15 is 0 Å². The number of hydrogen-bond donors (Lipinski definition) is 2. The van der Waals surface area contributed by atoms with Gasteiger partial charge < -0.3 is 11.5 Å². The molecule has 4 nitrogen and oxygen atoms in total. The van der Waals surface area contributed by atoms with Crippen LogP contribution in [0.4, 0.5) is 11.4 Å². The summed E-state index contributed by atoms with van der Waals surface area (Å²) in [7, 11) is 0. The van der Waals surface area contributed by atoms with Crippen molar-refractivity contribution in [3.05, 3.63) is 194 Å². The molecule has 0 unspecified atom stereocenters. The summed E-state index contributed by atoms with van der Waals surface area (Å²) >= 11 is 0. The molecule has 0 spiro atoms. The summed E-state index contributed by atoms with van der Waals surface area (Å²) < 4.78 is 4.83. The Labute approximate surface area is 323 Å². The molecule has 0 fully saturated rings. The van der Waals surface area contributed by atoms with E-state index in [0.717, 1.165) is 72.5 Å². The van der Waals surface area contributed by atoms with Gasteiger partial charge in [0.15, 0.2) is 0 Å². The smallest absolute Gasteiger partial charge is 0.286 e. The van der Waals surface area contributed by atoms with Crippen LogP contribution in [0.3, 0.4) is 0 Å². The summed E-state index contributed by atoms with van der Waals surface area (Å²) in [6.07, 6.45) is 0. The van der Waals surface area contributed by atoms with Gasteiger partial charge in [-0.3, -0.25) is 0 Å². The topological polar surface area (TPSA) is 60.2 Å². The van der Waals surface area contributed by atoms with Crippen molar-refractivity contribution in [3.63, 3.8) is 0 Å². The standard InChI is InChI=1S/C52H35N4/c53-39-21-23-43-44(31-39)52-42-25-24-41(51(43)52)37-27-46(33-13-5-1-6-14-33)55(47(28-37)34-15-7-2-8-16-34)45-26-22-40(54)32-50(45)56-48(35-17-9-3-10-18-35)29-38(42)30-49(56)36-19-11-4-12-20-36/h1-32,53H,54H2/q+1/p+1. The molecular weight excluding hydrogens is 681 g/mol. The largest absolute Gasteiger partial charge is 0.399 e. The van der Waals surface area contributed by atoms with Crippen LogP contribution in [0.15, 0.2) is 194 Å². The fraction of sp³-hybridized carbons (Fsp3) is 0. The number of rotatable bonds is 4. The van der Waals surface area contributed by atoms with Gasteiger partial charge in [0.25, 0.3) is 11.0 Å². The SMILES string of the molecule is Nc1ccc2c(c1)c1c3ccc(c4cc(-c5ccccc5)[n+](c(-c5ccccc5)c4)c4ccc(N)cc4[n+]4c(-c5ccccc5)cc3cc4-c3ccccc3)c21. The summed E-state index contributed by atoms with van der Waals surface area (Å²) in [4.78, 5) is 0. The van der Waals surface area contributed by atoms with E-state index in [-0.39, 0.29) is 0 Å². The minimum atomic E-state index is 0.685. The van der Waals surface area contributed by atoms with Crippen LogP contribution in [-0.2, 0) is 0 Å². The van der Waals surface area contributed by atoms with Crippen LogP contribution in [0.1, 0.15) is 0 Å². The number of nitrogens with two attached hydrogens (primary N) is 2. The second kappa shape index (κ2) is 12.5. The maximum atomic E-state index is 6.82. The Balaban J connectivity index is 1.53. The number of nitrogen functional groups attached to an aromatic ring is 2. The van der Waals surface area contributed by atoms with Crippen molar-refractivity contribution in [1.82, 2.24) is 0 Å². The normalized spacial score (nSPS) is 11.7. The highest BCUT2D eigenvalue weighted by atomic mass is 15.0. The van der Waals surface area contributed by atoms with Gasteiger partial charge in [-0.1, -0.05) is 91.0 Å². The first kappa shape index (κ1) is 31.9. The van der Waals surface area contributed by atoms with Crippen molar-refractivity contribution >= 4 is 65.5 Å². The second-order valence-electron chi connectivity index (χ2n) is 14.6. The number of anilines is 2. The Hall–Kier alpha value is -7.56. The van der Waals surface area contributed by atoms with Crippen LogP contribution in [0.2, 0.25) is 0 Å². The first-order chi connectivity index (χ1) is 27.6. The van der Waals surface area contributed by atoms with Crippen LogP contribution >= 0.6 is 0 Å². The second-order valence-corrected chi connectivity index (χ2v) is 14.6. The number of pyridine rings is 2. The molecule has 4 N–H and O–H groups in total. The maximum Gasteiger partial charge on any atom is 0.286 e. The van der Waals surface area contributed by atoms with Crippen LogP contribution in [0.25, 0.3) is 99.2 Å². The Bertz CT molecular complexity index is 3220. The third-order valence-electron chi connectivity index (χ3n) is 11.3.